The molecule has 16 heteroatoms. The van der Waals surface area contributed by atoms with E-state index in [2.05, 4.69) is 0 Å². The normalized spacial score (nSPS) is 52.5. The van der Waals surface area contributed by atoms with Gasteiger partial charge in [0.15, 0.2) is 18.9 Å². The van der Waals surface area contributed by atoms with Crippen LogP contribution in [0.2, 0.25) is 0 Å². The molecule has 3 saturated heterocycles. The molecule has 0 saturated carbocycles. The third-order valence-electron chi connectivity index (χ3n) is 6.05. The van der Waals surface area contributed by atoms with Crippen LogP contribution in [0.4, 0.5) is 0 Å². The highest BCUT2D eigenvalue weighted by Gasteiger charge is 2.48. The van der Waals surface area contributed by atoms with Crippen LogP contribution in [0.15, 0.2) is 0 Å². The van der Waals surface area contributed by atoms with Crippen molar-refractivity contribution in [1.82, 2.24) is 0 Å². The van der Waals surface area contributed by atoms with E-state index < -0.39 is 112 Å². The zero-order chi connectivity index (χ0) is 25.3. The third kappa shape index (κ3) is 5.68. The van der Waals surface area contributed by atoms with Crippen LogP contribution in [0, 0.1) is 0 Å². The largest absolute Gasteiger partial charge is 0.394 e. The molecule has 11 N–H and O–H groups in total. The standard InChI is InChI=1S/C18H32O16/c19-1-4-7(20)11(24)14(27)17(33-4)31-3-6-9(22)12(25)15(28)18(34-6)30-2-5-8(21)10(23)13(26)16(29)32-5/h4-29H,1-3H2/t4?,5?,6?,7-,8-,9-,10?,11?,12?,13+,14+,15+,16-,17-,18-/m1/s1. The molecule has 15 atom stereocenters. The van der Waals surface area contributed by atoms with Crippen LogP contribution < -0.4 is 0 Å². The highest BCUT2D eigenvalue weighted by molar-refractivity contribution is 4.92. The smallest absolute Gasteiger partial charge is 0.186 e. The lowest BCUT2D eigenvalue weighted by Gasteiger charge is -2.43. The Morgan fingerprint density at radius 3 is 1.29 bits per heavy atom. The molecule has 6 unspecified atom stereocenters. The minimum atomic E-state index is -1.82. The zero-order valence-electron chi connectivity index (χ0n) is 17.7. The first-order valence-corrected chi connectivity index (χ1v) is 10.6. The molecule has 3 aliphatic heterocycles. The Labute approximate surface area is 192 Å². The van der Waals surface area contributed by atoms with Gasteiger partial charge in [-0.2, -0.15) is 0 Å². The van der Waals surface area contributed by atoms with E-state index >= 15 is 0 Å². The Morgan fingerprint density at radius 1 is 0.441 bits per heavy atom. The summed E-state index contributed by atoms with van der Waals surface area (Å²) in [4.78, 5) is 0. The molecule has 0 aromatic heterocycles. The van der Waals surface area contributed by atoms with Gasteiger partial charge in [0.1, 0.15) is 73.2 Å². The number of ether oxygens (including phenoxy) is 5. The van der Waals surface area contributed by atoms with Crippen molar-refractivity contribution < 1.29 is 79.9 Å². The minimum Gasteiger partial charge on any atom is -0.394 e. The van der Waals surface area contributed by atoms with E-state index in [0.717, 1.165) is 0 Å². The van der Waals surface area contributed by atoms with Crippen molar-refractivity contribution in [3.05, 3.63) is 0 Å². The summed E-state index contributed by atoms with van der Waals surface area (Å²) in [6.45, 7) is -1.84. The number of hydrogen-bond donors (Lipinski definition) is 11. The molecule has 3 aliphatic rings. The number of rotatable bonds is 7. The molecular weight excluding hydrogens is 472 g/mol. The first kappa shape index (κ1) is 27.9. The van der Waals surface area contributed by atoms with Gasteiger partial charge in [0, 0.05) is 0 Å². The van der Waals surface area contributed by atoms with Crippen molar-refractivity contribution in [2.24, 2.45) is 0 Å². The molecule has 0 spiro atoms. The number of aliphatic hydroxyl groups excluding tert-OH is 11. The van der Waals surface area contributed by atoms with Gasteiger partial charge < -0.3 is 79.9 Å². The van der Waals surface area contributed by atoms with Crippen molar-refractivity contribution in [3.63, 3.8) is 0 Å². The molecule has 0 aromatic rings. The summed E-state index contributed by atoms with van der Waals surface area (Å²) in [7, 11) is 0. The van der Waals surface area contributed by atoms with Crippen molar-refractivity contribution in [3.8, 4) is 0 Å². The van der Waals surface area contributed by atoms with Crippen LogP contribution in [-0.2, 0) is 23.7 Å². The summed E-state index contributed by atoms with van der Waals surface area (Å²) >= 11 is 0. The lowest BCUT2D eigenvalue weighted by molar-refractivity contribution is -0.340. The van der Waals surface area contributed by atoms with Gasteiger partial charge in [-0.3, -0.25) is 0 Å². The molecule has 0 radical (unpaired) electrons. The van der Waals surface area contributed by atoms with Crippen LogP contribution in [-0.4, -0.2) is 168 Å². The summed E-state index contributed by atoms with van der Waals surface area (Å²) in [5.74, 6) is 0. The Hall–Kier alpha value is -0.640. The molecule has 0 aromatic carbocycles. The van der Waals surface area contributed by atoms with E-state index in [1.165, 1.54) is 0 Å². The fourth-order valence-corrected chi connectivity index (χ4v) is 3.84. The van der Waals surface area contributed by atoms with Gasteiger partial charge in [0.2, 0.25) is 0 Å². The van der Waals surface area contributed by atoms with Gasteiger partial charge in [0.25, 0.3) is 0 Å². The Balaban J connectivity index is 1.58. The lowest BCUT2D eigenvalue weighted by Crippen LogP contribution is -2.62. The van der Waals surface area contributed by atoms with E-state index in [0.29, 0.717) is 0 Å². The molecule has 3 fully saturated rings. The van der Waals surface area contributed by atoms with Gasteiger partial charge >= 0.3 is 0 Å². The molecule has 16 nitrogen and oxygen atoms in total. The zero-order valence-corrected chi connectivity index (χ0v) is 17.7. The fraction of sp³-hybridized carbons (Fsp3) is 1.00. The monoisotopic (exact) mass is 504 g/mol. The maximum absolute atomic E-state index is 10.2. The van der Waals surface area contributed by atoms with Crippen LogP contribution in [0.25, 0.3) is 0 Å². The highest BCUT2D eigenvalue weighted by atomic mass is 16.7. The van der Waals surface area contributed by atoms with Crippen molar-refractivity contribution in [2.45, 2.75) is 92.1 Å². The predicted octanol–water partition coefficient (Wildman–Crippen LogP) is -7.57. The van der Waals surface area contributed by atoms with E-state index in [1.807, 2.05) is 0 Å². The third-order valence-corrected chi connectivity index (χ3v) is 6.05. The fourth-order valence-electron chi connectivity index (χ4n) is 3.84. The van der Waals surface area contributed by atoms with Gasteiger partial charge in [-0.25, -0.2) is 0 Å². The highest BCUT2D eigenvalue weighted by Crippen LogP contribution is 2.27. The quantitative estimate of drug-likeness (QED) is 0.154. The molecule has 200 valence electrons. The van der Waals surface area contributed by atoms with Gasteiger partial charge in [0.05, 0.1) is 19.8 Å². The molecule has 0 aliphatic carbocycles. The first-order valence-electron chi connectivity index (χ1n) is 10.6. The lowest BCUT2D eigenvalue weighted by atomic mass is 9.98. The van der Waals surface area contributed by atoms with E-state index in [9.17, 15) is 56.2 Å². The van der Waals surface area contributed by atoms with Gasteiger partial charge in [-0.15, -0.1) is 0 Å². The number of hydrogen-bond acceptors (Lipinski definition) is 16. The second kappa shape index (κ2) is 11.6. The summed E-state index contributed by atoms with van der Waals surface area (Å²) < 4.78 is 26.1. The van der Waals surface area contributed by atoms with Crippen LogP contribution >= 0.6 is 0 Å². The van der Waals surface area contributed by atoms with Crippen LogP contribution in [0.5, 0.6) is 0 Å². The summed E-state index contributed by atoms with van der Waals surface area (Å²) in [5, 5.41) is 108. The van der Waals surface area contributed by atoms with Crippen molar-refractivity contribution in [1.29, 1.82) is 0 Å². The minimum absolute atomic E-state index is 0.570. The maximum atomic E-state index is 10.2. The Kier molecular flexibility index (Phi) is 9.54. The van der Waals surface area contributed by atoms with E-state index in [-0.39, 0.29) is 0 Å². The average Bonchev–Trinajstić information content (AvgIpc) is 2.82. The van der Waals surface area contributed by atoms with E-state index in [4.69, 9.17) is 23.7 Å². The molecule has 0 bridgehead atoms. The van der Waals surface area contributed by atoms with Crippen molar-refractivity contribution in [2.75, 3.05) is 19.8 Å². The Bertz CT molecular complexity index is 639. The summed E-state index contributed by atoms with van der Waals surface area (Å²) in [6, 6.07) is 0. The van der Waals surface area contributed by atoms with Crippen LogP contribution in [0.1, 0.15) is 0 Å². The molecule has 34 heavy (non-hydrogen) atoms. The van der Waals surface area contributed by atoms with Gasteiger partial charge in [-0.1, -0.05) is 0 Å². The molecule has 3 rings (SSSR count). The SMILES string of the molecule is OCC1O[C@@H](OCC2O[C@@H](OCC3O[C@@H](O)[C@@H](O)C(O)[C@@H]3O)[C@@H](O)C(O)[C@@H]2O)[C@@H](O)C(O)[C@@H]1O. The van der Waals surface area contributed by atoms with Crippen LogP contribution in [0.3, 0.4) is 0 Å². The maximum Gasteiger partial charge on any atom is 0.186 e. The molecule has 3 heterocycles. The summed E-state index contributed by atoms with van der Waals surface area (Å²) in [5.41, 5.74) is 0. The second-order valence-corrected chi connectivity index (χ2v) is 8.42. The average molecular weight is 504 g/mol. The Morgan fingerprint density at radius 2 is 0.824 bits per heavy atom. The number of aliphatic hydroxyl groups is 11. The van der Waals surface area contributed by atoms with Gasteiger partial charge in [-0.05, 0) is 0 Å². The van der Waals surface area contributed by atoms with Crippen molar-refractivity contribution >= 4 is 0 Å². The molecule has 0 amide bonds. The predicted molar refractivity (Wildman–Crippen MR) is 101 cm³/mol. The summed E-state index contributed by atoms with van der Waals surface area (Å²) in [6.07, 6.45) is -24.4. The first-order chi connectivity index (χ1) is 16.0. The topological polar surface area (TPSA) is 269 Å². The second-order valence-electron chi connectivity index (χ2n) is 8.42. The van der Waals surface area contributed by atoms with E-state index in [1.54, 1.807) is 0 Å². The molecular formula is C18H32O16.